The summed E-state index contributed by atoms with van der Waals surface area (Å²) in [6.07, 6.45) is -3.81. The predicted octanol–water partition coefficient (Wildman–Crippen LogP) is 3.10. The number of benzene rings is 2. The molecule has 5 nitrogen and oxygen atoms in total. The molecule has 0 aliphatic carbocycles. The molecular weight excluding hydrogens is 347 g/mol. The van der Waals surface area contributed by atoms with Crippen LogP contribution in [0.5, 0.6) is 0 Å². The molecule has 0 bridgehead atoms. The number of carbonyl (C=O) groups is 1. The second-order valence-corrected chi connectivity index (χ2v) is 5.47. The van der Waals surface area contributed by atoms with Crippen LogP contribution in [0.1, 0.15) is 15.9 Å². The quantitative estimate of drug-likeness (QED) is 0.672. The fourth-order valence-electron chi connectivity index (χ4n) is 2.34. The summed E-state index contributed by atoms with van der Waals surface area (Å²) in [7, 11) is 0. The fraction of sp³-hybridized carbons (Fsp3) is 0.111. The van der Waals surface area contributed by atoms with Crippen molar-refractivity contribution in [3.63, 3.8) is 0 Å². The van der Waals surface area contributed by atoms with Gasteiger partial charge in [-0.2, -0.15) is 13.2 Å². The summed E-state index contributed by atoms with van der Waals surface area (Å²) in [6.45, 7) is -1.51. The molecule has 3 rings (SSSR count). The van der Waals surface area contributed by atoms with Crippen LogP contribution in [0.4, 0.5) is 13.2 Å². The number of alkyl halides is 3. The van der Waals surface area contributed by atoms with E-state index in [9.17, 15) is 22.8 Å². The van der Waals surface area contributed by atoms with Gasteiger partial charge in [0.05, 0.1) is 6.20 Å². The molecule has 0 atom stereocenters. The van der Waals surface area contributed by atoms with Crippen LogP contribution in [-0.4, -0.2) is 26.7 Å². The van der Waals surface area contributed by atoms with Crippen molar-refractivity contribution in [2.45, 2.75) is 12.7 Å². The van der Waals surface area contributed by atoms with Crippen LogP contribution in [0.15, 0.2) is 65.6 Å². The second-order valence-electron chi connectivity index (χ2n) is 5.47. The Balaban J connectivity index is 1.97. The van der Waals surface area contributed by atoms with Gasteiger partial charge in [-0.25, -0.2) is 9.67 Å². The third-order valence-electron chi connectivity index (χ3n) is 3.52. The van der Waals surface area contributed by atoms with Crippen LogP contribution in [0, 0.1) is 0 Å². The monoisotopic (exact) mass is 359 g/mol. The van der Waals surface area contributed by atoms with Crippen molar-refractivity contribution in [1.82, 2.24) is 14.8 Å². The van der Waals surface area contributed by atoms with E-state index in [1.165, 1.54) is 6.07 Å². The van der Waals surface area contributed by atoms with Gasteiger partial charge in [-0.15, -0.1) is 5.10 Å². The third kappa shape index (κ3) is 4.02. The molecule has 0 saturated heterocycles. The Morgan fingerprint density at radius 2 is 1.69 bits per heavy atom. The third-order valence-corrected chi connectivity index (χ3v) is 3.52. The van der Waals surface area contributed by atoms with E-state index in [0.717, 1.165) is 6.20 Å². The van der Waals surface area contributed by atoms with Gasteiger partial charge < -0.3 is 0 Å². The van der Waals surface area contributed by atoms with E-state index in [1.807, 2.05) is 0 Å². The summed E-state index contributed by atoms with van der Waals surface area (Å²) in [5.41, 5.74) is 0.198. The number of carbonyl (C=O) groups excluding carboxylic acids is 1. The van der Waals surface area contributed by atoms with Crippen molar-refractivity contribution in [1.29, 1.82) is 0 Å². The summed E-state index contributed by atoms with van der Waals surface area (Å²) >= 11 is 0. The number of ketones is 1. The van der Waals surface area contributed by atoms with E-state index in [1.54, 1.807) is 48.5 Å². The molecule has 0 radical (unpaired) electrons. The number of aromatic nitrogens is 3. The van der Waals surface area contributed by atoms with Crippen molar-refractivity contribution in [2.75, 3.05) is 0 Å². The zero-order chi connectivity index (χ0) is 18.7. The standard InChI is InChI=1S/C18H12F3N3O2/c19-18(20,21)11-24-15(25)10-22-17(23-24)14-8-4-7-13(9-14)16(26)12-5-2-1-3-6-12/h1-10H,11H2. The first kappa shape index (κ1) is 17.5. The highest BCUT2D eigenvalue weighted by Gasteiger charge is 2.29. The van der Waals surface area contributed by atoms with Crippen LogP contribution in [0.25, 0.3) is 11.4 Å². The minimum absolute atomic E-state index is 0.0726. The molecule has 26 heavy (non-hydrogen) atoms. The molecule has 0 unspecified atom stereocenters. The SMILES string of the molecule is O=C(c1ccccc1)c1cccc(-c2ncc(=O)n(CC(F)(F)F)n2)c1. The first-order valence-electron chi connectivity index (χ1n) is 7.54. The van der Waals surface area contributed by atoms with Gasteiger partial charge in [0.25, 0.3) is 5.56 Å². The number of hydrogen-bond acceptors (Lipinski definition) is 4. The summed E-state index contributed by atoms with van der Waals surface area (Å²) in [6, 6.07) is 14.8. The molecule has 3 aromatic rings. The number of hydrogen-bond donors (Lipinski definition) is 0. The number of nitrogens with zero attached hydrogens (tertiary/aromatic N) is 3. The molecule has 0 spiro atoms. The van der Waals surface area contributed by atoms with E-state index in [-0.39, 0.29) is 11.6 Å². The van der Waals surface area contributed by atoms with Gasteiger partial charge in [-0.1, -0.05) is 48.5 Å². The van der Waals surface area contributed by atoms with Gasteiger partial charge in [0, 0.05) is 16.7 Å². The van der Waals surface area contributed by atoms with Crippen LogP contribution < -0.4 is 5.56 Å². The van der Waals surface area contributed by atoms with Crippen molar-refractivity contribution in [3.05, 3.63) is 82.3 Å². The lowest BCUT2D eigenvalue weighted by atomic mass is 10.0. The Hall–Kier alpha value is -3.29. The lowest BCUT2D eigenvalue weighted by Gasteiger charge is -2.09. The predicted molar refractivity (Wildman–Crippen MR) is 87.7 cm³/mol. The molecule has 2 aromatic carbocycles. The lowest BCUT2D eigenvalue weighted by Crippen LogP contribution is -2.30. The van der Waals surface area contributed by atoms with Crippen molar-refractivity contribution in [3.8, 4) is 11.4 Å². The summed E-state index contributed by atoms with van der Waals surface area (Å²) in [4.78, 5) is 27.8. The second kappa shape index (κ2) is 6.91. The van der Waals surface area contributed by atoms with Crippen molar-refractivity contribution < 1.29 is 18.0 Å². The molecule has 0 amide bonds. The van der Waals surface area contributed by atoms with Gasteiger partial charge in [0.2, 0.25) is 0 Å². The topological polar surface area (TPSA) is 64.8 Å². The maximum absolute atomic E-state index is 12.5. The maximum Gasteiger partial charge on any atom is 0.408 e. The average Bonchev–Trinajstić information content (AvgIpc) is 2.63. The zero-order valence-corrected chi connectivity index (χ0v) is 13.3. The molecule has 1 aromatic heterocycles. The molecule has 0 saturated carbocycles. The Kier molecular flexibility index (Phi) is 4.66. The minimum atomic E-state index is -4.58. The highest BCUT2D eigenvalue weighted by atomic mass is 19.4. The molecule has 8 heteroatoms. The Bertz CT molecular complexity index is 998. The van der Waals surface area contributed by atoms with Crippen LogP contribution in [0.2, 0.25) is 0 Å². The van der Waals surface area contributed by atoms with E-state index in [4.69, 9.17) is 0 Å². The molecular formula is C18H12F3N3O2. The van der Waals surface area contributed by atoms with Crippen molar-refractivity contribution in [2.24, 2.45) is 0 Å². The van der Waals surface area contributed by atoms with Crippen LogP contribution in [0.3, 0.4) is 0 Å². The molecule has 0 aliphatic heterocycles. The first-order chi connectivity index (χ1) is 12.3. The summed E-state index contributed by atoms with van der Waals surface area (Å²) in [5.74, 6) is -0.312. The van der Waals surface area contributed by atoms with E-state index < -0.39 is 18.3 Å². The highest BCUT2D eigenvalue weighted by molar-refractivity contribution is 6.09. The fourth-order valence-corrected chi connectivity index (χ4v) is 2.34. The maximum atomic E-state index is 12.5. The largest absolute Gasteiger partial charge is 0.408 e. The molecule has 0 fully saturated rings. The van der Waals surface area contributed by atoms with Crippen LogP contribution in [-0.2, 0) is 6.54 Å². The van der Waals surface area contributed by atoms with E-state index in [0.29, 0.717) is 21.4 Å². The van der Waals surface area contributed by atoms with E-state index in [2.05, 4.69) is 10.1 Å². The molecule has 0 aliphatic rings. The first-order valence-corrected chi connectivity index (χ1v) is 7.54. The summed E-state index contributed by atoms with van der Waals surface area (Å²) in [5, 5.41) is 3.66. The molecule has 1 heterocycles. The zero-order valence-electron chi connectivity index (χ0n) is 13.3. The smallest absolute Gasteiger partial charge is 0.289 e. The minimum Gasteiger partial charge on any atom is -0.289 e. The lowest BCUT2D eigenvalue weighted by molar-refractivity contribution is -0.143. The van der Waals surface area contributed by atoms with E-state index >= 15 is 0 Å². The molecule has 132 valence electrons. The van der Waals surface area contributed by atoms with Gasteiger partial charge in [-0.05, 0) is 6.07 Å². The highest BCUT2D eigenvalue weighted by Crippen LogP contribution is 2.19. The van der Waals surface area contributed by atoms with Gasteiger partial charge in [-0.3, -0.25) is 9.59 Å². The summed E-state index contributed by atoms with van der Waals surface area (Å²) < 4.78 is 37.9. The Morgan fingerprint density at radius 1 is 1.00 bits per heavy atom. The number of halogens is 3. The number of rotatable bonds is 4. The molecule has 0 N–H and O–H groups in total. The van der Waals surface area contributed by atoms with Gasteiger partial charge in [0.15, 0.2) is 11.6 Å². The Labute approximate surface area is 145 Å². The van der Waals surface area contributed by atoms with Gasteiger partial charge in [0.1, 0.15) is 6.54 Å². The Morgan fingerprint density at radius 3 is 2.38 bits per heavy atom. The van der Waals surface area contributed by atoms with Crippen LogP contribution >= 0.6 is 0 Å². The van der Waals surface area contributed by atoms with Crippen molar-refractivity contribution >= 4 is 5.78 Å². The van der Waals surface area contributed by atoms with Gasteiger partial charge >= 0.3 is 6.18 Å². The normalized spacial score (nSPS) is 11.3. The average molecular weight is 359 g/mol.